The molecule has 0 radical (unpaired) electrons. The molecule has 0 saturated carbocycles. The van der Waals surface area contributed by atoms with E-state index in [0.29, 0.717) is 39.5 Å². The van der Waals surface area contributed by atoms with E-state index in [4.69, 9.17) is 9.47 Å². The number of halogens is 3. The van der Waals surface area contributed by atoms with Gasteiger partial charge in [0.05, 0.1) is 35.9 Å². The second-order valence-corrected chi connectivity index (χ2v) is 9.93. The third kappa shape index (κ3) is 6.14. The highest BCUT2D eigenvalue weighted by atomic mass is 32.2. The quantitative estimate of drug-likeness (QED) is 0.284. The zero-order valence-electron chi connectivity index (χ0n) is 22.3. The first kappa shape index (κ1) is 29.5. The van der Waals surface area contributed by atoms with Crippen molar-refractivity contribution in [3.05, 3.63) is 81.5 Å². The number of imide groups is 1. The number of aromatic nitrogens is 1. The van der Waals surface area contributed by atoms with E-state index in [0.717, 1.165) is 23.5 Å². The van der Waals surface area contributed by atoms with Crippen molar-refractivity contribution in [1.82, 2.24) is 9.47 Å². The van der Waals surface area contributed by atoms with E-state index < -0.39 is 41.3 Å². The number of methoxy groups -OCH3 is 2. The molecule has 1 fully saturated rings. The number of nitrogens with one attached hydrogen (secondary N) is 1. The summed E-state index contributed by atoms with van der Waals surface area (Å²) in [6, 6.07) is 11.2. The van der Waals surface area contributed by atoms with Gasteiger partial charge in [-0.15, -0.1) is 0 Å². The largest absolute Gasteiger partial charge is 0.495 e. The monoisotopic (exact) mass is 587 g/mol. The van der Waals surface area contributed by atoms with Crippen LogP contribution in [-0.4, -0.2) is 53.3 Å². The lowest BCUT2D eigenvalue weighted by molar-refractivity contribution is -0.137. The minimum Gasteiger partial charge on any atom is -0.495 e. The fourth-order valence-corrected chi connectivity index (χ4v) is 5.14. The molecule has 1 aromatic heterocycles. The van der Waals surface area contributed by atoms with Crippen LogP contribution in [0.4, 0.5) is 23.7 Å². The fraction of sp³-hybridized carbons (Fsp3) is 0.214. The number of nitrogens with zero attached hydrogens (tertiary/aromatic N) is 2. The number of esters is 1. The van der Waals surface area contributed by atoms with Crippen LogP contribution in [0.5, 0.6) is 5.75 Å². The number of amides is 3. The molecule has 1 saturated heterocycles. The van der Waals surface area contributed by atoms with Crippen LogP contribution in [0.1, 0.15) is 32.9 Å². The highest BCUT2D eigenvalue weighted by Crippen LogP contribution is 2.36. The van der Waals surface area contributed by atoms with Crippen molar-refractivity contribution >= 4 is 46.5 Å². The summed E-state index contributed by atoms with van der Waals surface area (Å²) in [5.74, 6) is -2.11. The third-order valence-electron chi connectivity index (χ3n) is 6.26. The number of hydrogen-bond donors (Lipinski definition) is 1. The van der Waals surface area contributed by atoms with Crippen LogP contribution < -0.4 is 10.1 Å². The van der Waals surface area contributed by atoms with Crippen molar-refractivity contribution in [3.8, 4) is 11.4 Å². The summed E-state index contributed by atoms with van der Waals surface area (Å²) in [6.07, 6.45) is -3.12. The maximum atomic E-state index is 13.1. The summed E-state index contributed by atoms with van der Waals surface area (Å²) in [6.45, 7) is 2.94. The molecule has 4 rings (SSSR count). The second-order valence-electron chi connectivity index (χ2n) is 8.93. The van der Waals surface area contributed by atoms with Crippen LogP contribution >= 0.6 is 11.8 Å². The first-order chi connectivity index (χ1) is 19.3. The minimum atomic E-state index is -4.65. The topological polar surface area (TPSA) is 107 Å². The second kappa shape index (κ2) is 11.5. The molecule has 3 amide bonds. The highest BCUT2D eigenvalue weighted by molar-refractivity contribution is 8.18. The summed E-state index contributed by atoms with van der Waals surface area (Å²) in [4.78, 5) is 51.1. The van der Waals surface area contributed by atoms with Gasteiger partial charge in [0.2, 0.25) is 5.91 Å². The van der Waals surface area contributed by atoms with Crippen LogP contribution in [0.25, 0.3) is 11.8 Å². The zero-order valence-corrected chi connectivity index (χ0v) is 23.1. The Bertz CT molecular complexity index is 1600. The van der Waals surface area contributed by atoms with Crippen molar-refractivity contribution in [2.24, 2.45) is 0 Å². The van der Waals surface area contributed by atoms with Crippen molar-refractivity contribution < 1.29 is 41.8 Å². The molecule has 0 atom stereocenters. The van der Waals surface area contributed by atoms with E-state index in [2.05, 4.69) is 5.32 Å². The van der Waals surface area contributed by atoms with E-state index >= 15 is 0 Å². The Kier molecular flexibility index (Phi) is 8.29. The normalized spacial score (nSPS) is 14.5. The molecule has 2 aromatic carbocycles. The Morgan fingerprint density at radius 1 is 1.05 bits per heavy atom. The van der Waals surface area contributed by atoms with Gasteiger partial charge in [-0.05, 0) is 79.7 Å². The number of hydrogen-bond acceptors (Lipinski definition) is 7. The van der Waals surface area contributed by atoms with E-state index in [1.807, 2.05) is 24.5 Å². The van der Waals surface area contributed by atoms with Gasteiger partial charge in [0.25, 0.3) is 11.1 Å². The number of benzene rings is 2. The molecular formula is C28H24F3N3O6S. The average Bonchev–Trinajstić information content (AvgIpc) is 3.35. The standard InChI is InChI=1S/C28H24F3N3O6S/c1-15-10-18(16(2)34(15)20-7-5-6-17(11-20)26(37)40-4)12-23-25(36)33(27(38)41-23)14-24(35)32-21-13-19(28(29,30)31)8-9-22(21)39-3/h5-13H,14H2,1-4H3,(H,32,35)/b23-12-. The van der Waals surface area contributed by atoms with Crippen molar-refractivity contribution in [3.63, 3.8) is 0 Å². The lowest BCUT2D eigenvalue weighted by atomic mass is 10.1. The van der Waals surface area contributed by atoms with E-state index in [-0.39, 0.29) is 16.3 Å². The van der Waals surface area contributed by atoms with Gasteiger partial charge in [-0.3, -0.25) is 19.3 Å². The summed E-state index contributed by atoms with van der Waals surface area (Å²) >= 11 is 0.642. The number of aryl methyl sites for hydroxylation is 1. The van der Waals surface area contributed by atoms with Gasteiger partial charge in [-0.1, -0.05) is 6.07 Å². The van der Waals surface area contributed by atoms with Gasteiger partial charge in [0.15, 0.2) is 0 Å². The molecule has 1 aliphatic rings. The maximum absolute atomic E-state index is 13.1. The maximum Gasteiger partial charge on any atom is 0.416 e. The van der Waals surface area contributed by atoms with Crippen LogP contribution in [-0.2, 0) is 20.5 Å². The molecular weight excluding hydrogens is 563 g/mol. The number of ether oxygens (including phenoxy) is 2. The molecule has 0 bridgehead atoms. The summed E-state index contributed by atoms with van der Waals surface area (Å²) in [5.41, 5.74) is 1.96. The molecule has 214 valence electrons. The van der Waals surface area contributed by atoms with Gasteiger partial charge in [-0.25, -0.2) is 4.79 Å². The number of anilines is 1. The first-order valence-electron chi connectivity index (χ1n) is 12.0. The molecule has 0 aliphatic carbocycles. The highest BCUT2D eigenvalue weighted by Gasteiger charge is 2.37. The van der Waals surface area contributed by atoms with Crippen molar-refractivity contribution in [2.75, 3.05) is 26.1 Å². The number of thioether (sulfide) groups is 1. The van der Waals surface area contributed by atoms with Crippen LogP contribution in [0.2, 0.25) is 0 Å². The summed E-state index contributed by atoms with van der Waals surface area (Å²) in [5, 5.41) is 1.58. The average molecular weight is 588 g/mol. The van der Waals surface area contributed by atoms with Crippen LogP contribution in [0, 0.1) is 13.8 Å². The van der Waals surface area contributed by atoms with Gasteiger partial charge >= 0.3 is 12.1 Å². The van der Waals surface area contributed by atoms with Crippen LogP contribution in [0.15, 0.2) is 53.4 Å². The smallest absolute Gasteiger partial charge is 0.416 e. The molecule has 1 N–H and O–H groups in total. The lowest BCUT2D eigenvalue weighted by Crippen LogP contribution is -2.36. The van der Waals surface area contributed by atoms with Gasteiger partial charge in [0, 0.05) is 17.1 Å². The van der Waals surface area contributed by atoms with Gasteiger partial charge in [0.1, 0.15) is 12.3 Å². The third-order valence-corrected chi connectivity index (χ3v) is 7.17. The van der Waals surface area contributed by atoms with E-state index in [1.54, 1.807) is 24.3 Å². The number of rotatable bonds is 7. The molecule has 2 heterocycles. The molecule has 9 nitrogen and oxygen atoms in total. The van der Waals surface area contributed by atoms with Gasteiger partial charge in [-0.2, -0.15) is 13.2 Å². The lowest BCUT2D eigenvalue weighted by Gasteiger charge is -2.16. The SMILES string of the molecule is COC(=O)c1cccc(-n2c(C)cc(/C=C3\SC(=O)N(CC(=O)Nc4cc(C(F)(F)F)ccc4OC)C3=O)c2C)c1. The summed E-state index contributed by atoms with van der Waals surface area (Å²) < 4.78 is 51.1. The fourth-order valence-electron chi connectivity index (χ4n) is 4.31. The van der Waals surface area contributed by atoms with E-state index in [1.165, 1.54) is 20.3 Å². The number of alkyl halides is 3. The number of carbonyl (C=O) groups excluding carboxylic acids is 4. The van der Waals surface area contributed by atoms with Crippen molar-refractivity contribution in [1.29, 1.82) is 0 Å². The summed E-state index contributed by atoms with van der Waals surface area (Å²) in [7, 11) is 2.52. The minimum absolute atomic E-state index is 0.0205. The Morgan fingerprint density at radius 2 is 1.78 bits per heavy atom. The Hall–Kier alpha value is -4.52. The molecule has 0 spiro atoms. The Morgan fingerprint density at radius 3 is 2.44 bits per heavy atom. The predicted octanol–water partition coefficient (Wildman–Crippen LogP) is 5.58. The van der Waals surface area contributed by atoms with Crippen LogP contribution in [0.3, 0.4) is 0 Å². The first-order valence-corrected chi connectivity index (χ1v) is 12.8. The number of carbonyl (C=O) groups is 4. The molecule has 1 aliphatic heterocycles. The van der Waals surface area contributed by atoms with Gasteiger partial charge < -0.3 is 19.4 Å². The van der Waals surface area contributed by atoms with E-state index in [9.17, 15) is 32.3 Å². The molecule has 3 aromatic rings. The Labute approximate surface area is 236 Å². The zero-order chi connectivity index (χ0) is 30.1. The van der Waals surface area contributed by atoms with Crippen molar-refractivity contribution in [2.45, 2.75) is 20.0 Å². The molecule has 13 heteroatoms. The predicted molar refractivity (Wildman–Crippen MR) is 146 cm³/mol. The molecule has 41 heavy (non-hydrogen) atoms. The molecule has 0 unspecified atom stereocenters. The Balaban J connectivity index is 1.54.